The molecule has 0 saturated carbocycles. The number of nitrogens with zero attached hydrogens (tertiary/aromatic N) is 2. The van der Waals surface area contributed by atoms with E-state index in [4.69, 9.17) is 0 Å². The van der Waals surface area contributed by atoms with Crippen LogP contribution in [0.15, 0.2) is 54.1 Å². The second-order valence-electron chi connectivity index (χ2n) is 5.89. The van der Waals surface area contributed by atoms with Gasteiger partial charge in [0.05, 0.1) is 5.69 Å². The molecule has 0 bridgehead atoms. The van der Waals surface area contributed by atoms with Crippen molar-refractivity contribution in [2.24, 2.45) is 0 Å². The van der Waals surface area contributed by atoms with Crippen molar-refractivity contribution in [3.63, 3.8) is 0 Å². The van der Waals surface area contributed by atoms with Gasteiger partial charge in [-0.05, 0) is 44.2 Å². The maximum atomic E-state index is 12.6. The summed E-state index contributed by atoms with van der Waals surface area (Å²) in [7, 11) is 0. The summed E-state index contributed by atoms with van der Waals surface area (Å²) >= 11 is 0. The Bertz CT molecular complexity index is 858. The van der Waals surface area contributed by atoms with Gasteiger partial charge in [0.25, 0.3) is 11.8 Å². The van der Waals surface area contributed by atoms with E-state index in [2.05, 4.69) is 10.3 Å². The zero-order valence-electron chi connectivity index (χ0n) is 14.8. The highest BCUT2D eigenvalue weighted by molar-refractivity contribution is 6.31. The fraction of sp³-hybridized carbons (Fsp3) is 0.200. The minimum atomic E-state index is -0.494. The van der Waals surface area contributed by atoms with Gasteiger partial charge >= 0.3 is 0 Å². The average molecular weight is 351 g/mol. The summed E-state index contributed by atoms with van der Waals surface area (Å²) in [5.41, 5.74) is 4.43. The predicted molar refractivity (Wildman–Crippen MR) is 102 cm³/mol. The van der Waals surface area contributed by atoms with Gasteiger partial charge in [-0.2, -0.15) is 0 Å². The molecule has 134 valence electrons. The molecule has 26 heavy (non-hydrogen) atoms. The van der Waals surface area contributed by atoms with Crippen LogP contribution >= 0.6 is 0 Å². The van der Waals surface area contributed by atoms with Crippen LogP contribution in [-0.2, 0) is 9.59 Å². The van der Waals surface area contributed by atoms with Crippen molar-refractivity contribution < 1.29 is 14.7 Å². The van der Waals surface area contributed by atoms with Gasteiger partial charge in [0.15, 0.2) is 0 Å². The minimum Gasteiger partial charge on any atom is -0.507 e. The van der Waals surface area contributed by atoms with Gasteiger partial charge in [0, 0.05) is 30.4 Å². The second kappa shape index (κ2) is 7.31. The Morgan fingerprint density at radius 1 is 1.08 bits per heavy atom. The lowest BCUT2D eigenvalue weighted by molar-refractivity contribution is -0.117. The zero-order valence-corrected chi connectivity index (χ0v) is 14.8. The van der Waals surface area contributed by atoms with Crippen molar-refractivity contribution in [1.82, 2.24) is 5.43 Å². The number of carbonyl (C=O) groups is 2. The van der Waals surface area contributed by atoms with E-state index in [1.807, 2.05) is 26.0 Å². The Balaban J connectivity index is 1.90. The molecular weight excluding hydrogens is 330 g/mol. The highest BCUT2D eigenvalue weighted by atomic mass is 16.3. The predicted octanol–water partition coefficient (Wildman–Crippen LogP) is 2.70. The van der Waals surface area contributed by atoms with Crippen molar-refractivity contribution >= 4 is 29.3 Å². The number of phenolic OH excluding ortho intramolecular Hbond substituents is 1. The lowest BCUT2D eigenvalue weighted by atomic mass is 10.1. The zero-order chi connectivity index (χ0) is 18.7. The fourth-order valence-electron chi connectivity index (χ4n) is 2.91. The molecule has 3 rings (SSSR count). The Morgan fingerprint density at radius 3 is 2.38 bits per heavy atom. The van der Waals surface area contributed by atoms with Crippen LogP contribution in [-0.4, -0.2) is 30.0 Å². The average Bonchev–Trinajstić information content (AvgIpc) is 2.93. The van der Waals surface area contributed by atoms with Gasteiger partial charge < -0.3 is 10.0 Å². The van der Waals surface area contributed by atoms with E-state index < -0.39 is 11.8 Å². The molecule has 0 spiro atoms. The molecule has 2 N–H and O–H groups in total. The van der Waals surface area contributed by atoms with E-state index in [9.17, 15) is 14.7 Å². The van der Waals surface area contributed by atoms with Crippen molar-refractivity contribution in [3.05, 3.63) is 59.7 Å². The van der Waals surface area contributed by atoms with Crippen molar-refractivity contribution in [2.45, 2.75) is 13.8 Å². The molecule has 1 aliphatic rings. The van der Waals surface area contributed by atoms with Crippen LogP contribution in [0.1, 0.15) is 19.4 Å². The molecule has 1 aliphatic heterocycles. The lowest BCUT2D eigenvalue weighted by Gasteiger charge is -2.21. The number of phenols is 1. The molecule has 0 unspecified atom stereocenters. The van der Waals surface area contributed by atoms with E-state index in [0.717, 1.165) is 18.8 Å². The molecule has 1 saturated heterocycles. The number of benzene rings is 2. The molecule has 6 nitrogen and oxygen atoms in total. The number of hydrogen-bond donors (Lipinski definition) is 2. The van der Waals surface area contributed by atoms with Crippen LogP contribution in [0.3, 0.4) is 0 Å². The SMILES string of the molecule is CCN(CC)c1ccc(C=C2C(=O)NN(c3ccccc3)C2=O)c(O)c1. The number of amides is 2. The highest BCUT2D eigenvalue weighted by Gasteiger charge is 2.34. The molecule has 2 aromatic carbocycles. The fourth-order valence-corrected chi connectivity index (χ4v) is 2.91. The maximum absolute atomic E-state index is 12.6. The van der Waals surface area contributed by atoms with Crippen LogP contribution in [0.2, 0.25) is 0 Å². The molecule has 1 heterocycles. The van der Waals surface area contributed by atoms with Gasteiger partial charge in [0.2, 0.25) is 0 Å². The first-order chi connectivity index (χ1) is 12.5. The molecule has 0 radical (unpaired) electrons. The van der Waals surface area contributed by atoms with E-state index in [1.165, 1.54) is 11.1 Å². The number of para-hydroxylation sites is 1. The van der Waals surface area contributed by atoms with E-state index in [-0.39, 0.29) is 11.3 Å². The Labute approximate surface area is 152 Å². The molecule has 0 atom stereocenters. The van der Waals surface area contributed by atoms with Gasteiger partial charge in [-0.15, -0.1) is 0 Å². The van der Waals surface area contributed by atoms with Crippen molar-refractivity contribution in [3.8, 4) is 5.75 Å². The topological polar surface area (TPSA) is 72.9 Å². The summed E-state index contributed by atoms with van der Waals surface area (Å²) in [5.74, 6) is -0.917. The molecule has 0 aliphatic carbocycles. The molecule has 6 heteroatoms. The van der Waals surface area contributed by atoms with Crippen molar-refractivity contribution in [2.75, 3.05) is 23.0 Å². The number of rotatable bonds is 5. The summed E-state index contributed by atoms with van der Waals surface area (Å²) in [4.78, 5) is 26.9. The number of nitrogens with one attached hydrogen (secondary N) is 1. The van der Waals surface area contributed by atoms with Crippen LogP contribution in [0, 0.1) is 0 Å². The van der Waals surface area contributed by atoms with Gasteiger partial charge in [-0.1, -0.05) is 18.2 Å². The molecule has 0 aromatic heterocycles. The van der Waals surface area contributed by atoms with Crippen molar-refractivity contribution in [1.29, 1.82) is 0 Å². The minimum absolute atomic E-state index is 0.0141. The molecule has 2 aromatic rings. The maximum Gasteiger partial charge on any atom is 0.282 e. The Morgan fingerprint density at radius 2 is 1.77 bits per heavy atom. The number of hydrogen-bond acceptors (Lipinski definition) is 4. The number of aromatic hydroxyl groups is 1. The smallest absolute Gasteiger partial charge is 0.282 e. The first kappa shape index (κ1) is 17.5. The third-order valence-electron chi connectivity index (χ3n) is 4.35. The second-order valence-corrected chi connectivity index (χ2v) is 5.89. The summed E-state index contributed by atoms with van der Waals surface area (Å²) < 4.78 is 0. The van der Waals surface area contributed by atoms with Crippen LogP contribution in [0.4, 0.5) is 11.4 Å². The first-order valence-electron chi connectivity index (χ1n) is 8.55. The first-order valence-corrected chi connectivity index (χ1v) is 8.55. The standard InChI is InChI=1S/C20H21N3O3/c1-3-22(4-2)16-11-10-14(18(24)13-16)12-17-19(25)21-23(20(17)26)15-8-6-5-7-9-15/h5-13,24H,3-4H2,1-2H3,(H,21,25). The van der Waals surface area contributed by atoms with Gasteiger partial charge in [0.1, 0.15) is 11.3 Å². The largest absolute Gasteiger partial charge is 0.507 e. The van der Waals surface area contributed by atoms with Gasteiger partial charge in [-0.25, -0.2) is 5.01 Å². The number of hydrazine groups is 1. The lowest BCUT2D eigenvalue weighted by Crippen LogP contribution is -2.35. The van der Waals surface area contributed by atoms with Crippen LogP contribution in [0.5, 0.6) is 5.75 Å². The van der Waals surface area contributed by atoms with E-state index in [0.29, 0.717) is 11.3 Å². The molecule has 2 amide bonds. The third kappa shape index (κ3) is 3.26. The van der Waals surface area contributed by atoms with E-state index in [1.54, 1.807) is 36.4 Å². The summed E-state index contributed by atoms with van der Waals surface area (Å²) in [5, 5.41) is 11.5. The summed E-state index contributed by atoms with van der Waals surface area (Å²) in [6, 6.07) is 14.1. The highest BCUT2D eigenvalue weighted by Crippen LogP contribution is 2.28. The number of anilines is 2. The number of carbonyl (C=O) groups excluding carboxylic acids is 2. The third-order valence-corrected chi connectivity index (χ3v) is 4.35. The quantitative estimate of drug-likeness (QED) is 0.642. The van der Waals surface area contributed by atoms with Crippen LogP contribution < -0.4 is 15.3 Å². The summed E-state index contributed by atoms with van der Waals surface area (Å²) in [6.45, 7) is 5.72. The monoisotopic (exact) mass is 351 g/mol. The van der Waals surface area contributed by atoms with E-state index >= 15 is 0 Å². The Hall–Kier alpha value is -3.28. The Kier molecular flexibility index (Phi) is 4.93. The van der Waals surface area contributed by atoms with Gasteiger partial charge in [-0.3, -0.25) is 15.0 Å². The molecule has 1 fully saturated rings. The summed E-state index contributed by atoms with van der Waals surface area (Å²) in [6.07, 6.45) is 1.42. The van der Waals surface area contributed by atoms with Crippen LogP contribution in [0.25, 0.3) is 6.08 Å². The normalized spacial score (nSPS) is 15.5. The molecular formula is C20H21N3O3.